The number of hydrogen-bond acceptors (Lipinski definition) is 7. The lowest BCUT2D eigenvalue weighted by atomic mass is 10.1. The highest BCUT2D eigenvalue weighted by atomic mass is 35.5. The highest BCUT2D eigenvalue weighted by molar-refractivity contribution is 6.29. The van der Waals surface area contributed by atoms with E-state index >= 15 is 0 Å². The second-order valence-corrected chi connectivity index (χ2v) is 7.36. The van der Waals surface area contributed by atoms with Crippen LogP contribution in [0.15, 0.2) is 24.5 Å². The van der Waals surface area contributed by atoms with Gasteiger partial charge in [-0.3, -0.25) is 0 Å². The average molecular weight is 463 g/mol. The number of nitrogens with zero attached hydrogens (tertiary/aromatic N) is 6. The smallest absolute Gasteiger partial charge is 0.323 e. The second-order valence-electron chi connectivity index (χ2n) is 6.97. The molecule has 168 valence electrons. The van der Waals surface area contributed by atoms with Gasteiger partial charge in [0, 0.05) is 26.4 Å². The van der Waals surface area contributed by atoms with E-state index in [9.17, 15) is 9.18 Å². The van der Waals surface area contributed by atoms with Crippen LogP contribution in [0.1, 0.15) is 24.5 Å². The lowest BCUT2D eigenvalue weighted by molar-refractivity contribution is -0.0305. The third-order valence-corrected chi connectivity index (χ3v) is 5.00. The number of anilines is 2. The Morgan fingerprint density at radius 1 is 1.22 bits per heavy atom. The fraction of sp³-hybridized carbons (Fsp3) is 0.316. The van der Waals surface area contributed by atoms with E-state index in [-0.39, 0.29) is 22.6 Å². The van der Waals surface area contributed by atoms with Gasteiger partial charge >= 0.3 is 6.03 Å². The molecule has 0 radical (unpaired) electrons. The molecule has 2 N–H and O–H groups in total. The number of hydrogen-bond donors (Lipinski definition) is 2. The number of aryl methyl sites for hydroxylation is 1. The molecule has 0 aliphatic carbocycles. The van der Waals surface area contributed by atoms with Crippen LogP contribution in [-0.2, 0) is 9.47 Å². The van der Waals surface area contributed by atoms with Crippen molar-refractivity contribution in [3.8, 4) is 0 Å². The van der Waals surface area contributed by atoms with Crippen molar-refractivity contribution in [1.29, 1.82) is 0 Å². The van der Waals surface area contributed by atoms with Crippen LogP contribution >= 0.6 is 11.6 Å². The number of aromatic nitrogens is 6. The molecule has 0 aromatic carbocycles. The number of methoxy groups -OCH3 is 2. The molecule has 0 saturated carbocycles. The molecule has 0 saturated heterocycles. The fourth-order valence-electron chi connectivity index (χ4n) is 3.35. The van der Waals surface area contributed by atoms with E-state index in [1.165, 1.54) is 28.5 Å². The lowest BCUT2D eigenvalue weighted by Crippen LogP contribution is -2.26. The molecule has 11 nitrogen and oxygen atoms in total. The molecular weight excluding hydrogens is 443 g/mol. The van der Waals surface area contributed by atoms with E-state index in [0.717, 1.165) is 6.07 Å². The zero-order chi connectivity index (χ0) is 23.0. The summed E-state index contributed by atoms with van der Waals surface area (Å²) >= 11 is 6.05. The Morgan fingerprint density at radius 3 is 2.72 bits per heavy atom. The monoisotopic (exact) mass is 462 g/mol. The molecule has 32 heavy (non-hydrogen) atoms. The number of carbonyl (C=O) groups excluding carboxylic acids is 1. The van der Waals surface area contributed by atoms with Gasteiger partial charge in [-0.15, -0.1) is 0 Å². The Hall–Kier alpha value is -3.35. The summed E-state index contributed by atoms with van der Waals surface area (Å²) in [6.07, 6.45) is 1.92. The number of ether oxygens (including phenoxy) is 2. The maximum Gasteiger partial charge on any atom is 0.323 e. The molecule has 0 spiro atoms. The molecule has 13 heteroatoms. The Bertz CT molecular complexity index is 1310. The average Bonchev–Trinajstić information content (AvgIpc) is 3.30. The van der Waals surface area contributed by atoms with Crippen LogP contribution in [0.2, 0.25) is 5.15 Å². The number of pyridine rings is 1. The van der Waals surface area contributed by atoms with E-state index in [0.29, 0.717) is 22.9 Å². The van der Waals surface area contributed by atoms with Crippen LogP contribution in [0.4, 0.5) is 20.6 Å². The summed E-state index contributed by atoms with van der Waals surface area (Å²) in [5.41, 5.74) is 1.50. The predicted molar refractivity (Wildman–Crippen MR) is 115 cm³/mol. The SMILES string of the molecule is CO[C@@H](C)[C@@H](OC)c1c(NC(=O)Nc2cc(F)c3nc(C)nn3c2)cnc2cc(Cl)nn12. The van der Waals surface area contributed by atoms with Crippen LogP contribution in [0, 0.1) is 12.7 Å². The zero-order valence-electron chi connectivity index (χ0n) is 17.6. The fourth-order valence-corrected chi connectivity index (χ4v) is 3.52. The van der Waals surface area contributed by atoms with Crippen LogP contribution in [0.3, 0.4) is 0 Å². The lowest BCUT2D eigenvalue weighted by Gasteiger charge is -2.24. The third-order valence-electron chi connectivity index (χ3n) is 4.81. The normalized spacial score (nSPS) is 13.4. The van der Waals surface area contributed by atoms with Crippen molar-refractivity contribution >= 4 is 40.3 Å². The van der Waals surface area contributed by atoms with Crippen molar-refractivity contribution in [3.05, 3.63) is 47.0 Å². The molecule has 0 aliphatic rings. The number of nitrogens with one attached hydrogen (secondary N) is 2. The van der Waals surface area contributed by atoms with Crippen molar-refractivity contribution in [1.82, 2.24) is 29.2 Å². The Labute approximate surface area is 186 Å². The van der Waals surface area contributed by atoms with Gasteiger partial charge in [-0.25, -0.2) is 28.2 Å². The van der Waals surface area contributed by atoms with Crippen molar-refractivity contribution in [2.45, 2.75) is 26.1 Å². The van der Waals surface area contributed by atoms with Gasteiger partial charge in [-0.1, -0.05) is 11.6 Å². The number of carbonyl (C=O) groups is 1. The molecule has 4 heterocycles. The molecule has 4 aromatic rings. The van der Waals surface area contributed by atoms with Gasteiger partial charge in [0.15, 0.2) is 22.3 Å². The van der Waals surface area contributed by atoms with Gasteiger partial charge in [-0.05, 0) is 13.8 Å². The Balaban J connectivity index is 1.67. The standard InChI is InChI=1S/C19H20ClFN8O3/c1-9(31-3)17(32-4)16-13(7-22-15-6-14(20)27-29(15)16)25-19(30)24-11-5-12(21)18-23-10(2)26-28(18)8-11/h5-9,17H,1-4H3,(H2,24,25,30)/t9-,17+/m0/s1. The highest BCUT2D eigenvalue weighted by Gasteiger charge is 2.27. The van der Waals surface area contributed by atoms with Gasteiger partial charge in [0.25, 0.3) is 0 Å². The predicted octanol–water partition coefficient (Wildman–Crippen LogP) is 3.24. The summed E-state index contributed by atoms with van der Waals surface area (Å²) < 4.78 is 28.1. The van der Waals surface area contributed by atoms with Crippen LogP contribution in [0.5, 0.6) is 0 Å². The second kappa shape index (κ2) is 8.65. The largest absolute Gasteiger partial charge is 0.379 e. The first-order valence-corrected chi connectivity index (χ1v) is 9.88. The van der Waals surface area contributed by atoms with Crippen molar-refractivity contribution in [2.24, 2.45) is 0 Å². The Kier molecular flexibility index (Phi) is 5.91. The van der Waals surface area contributed by atoms with E-state index in [4.69, 9.17) is 21.1 Å². The third kappa shape index (κ3) is 4.07. The maximum absolute atomic E-state index is 14.3. The first-order valence-electron chi connectivity index (χ1n) is 9.51. The van der Waals surface area contributed by atoms with E-state index in [1.807, 2.05) is 6.92 Å². The molecule has 2 atom stereocenters. The topological polar surface area (TPSA) is 120 Å². The van der Waals surface area contributed by atoms with Gasteiger partial charge in [0.05, 0.1) is 29.9 Å². The van der Waals surface area contributed by atoms with E-state index < -0.39 is 18.0 Å². The van der Waals surface area contributed by atoms with Crippen LogP contribution in [0.25, 0.3) is 11.3 Å². The number of amides is 2. The van der Waals surface area contributed by atoms with Crippen molar-refractivity contribution in [3.63, 3.8) is 0 Å². The molecule has 0 bridgehead atoms. The summed E-state index contributed by atoms with van der Waals surface area (Å²) in [5.74, 6) is -0.211. The minimum Gasteiger partial charge on any atom is -0.379 e. The first kappa shape index (κ1) is 21.9. The highest BCUT2D eigenvalue weighted by Crippen LogP contribution is 2.30. The number of fused-ring (bicyclic) bond motifs is 2. The zero-order valence-corrected chi connectivity index (χ0v) is 18.4. The van der Waals surface area contributed by atoms with Crippen molar-refractivity contribution in [2.75, 3.05) is 24.9 Å². The maximum atomic E-state index is 14.3. The molecule has 4 aromatic heterocycles. The van der Waals surface area contributed by atoms with Crippen LogP contribution in [-0.4, -0.2) is 55.6 Å². The number of halogens is 2. The molecule has 0 unspecified atom stereocenters. The van der Waals surface area contributed by atoms with Gasteiger partial charge < -0.3 is 20.1 Å². The molecule has 0 fully saturated rings. The quantitative estimate of drug-likeness (QED) is 0.451. The van der Waals surface area contributed by atoms with Gasteiger partial charge in [-0.2, -0.15) is 10.2 Å². The summed E-state index contributed by atoms with van der Waals surface area (Å²) in [5, 5.41) is 13.8. The summed E-state index contributed by atoms with van der Waals surface area (Å²) in [6.45, 7) is 3.46. The van der Waals surface area contributed by atoms with E-state index in [1.54, 1.807) is 20.1 Å². The molecule has 0 aliphatic heterocycles. The summed E-state index contributed by atoms with van der Waals surface area (Å²) in [7, 11) is 3.06. The summed E-state index contributed by atoms with van der Waals surface area (Å²) in [4.78, 5) is 21.0. The van der Waals surface area contributed by atoms with Gasteiger partial charge in [0.2, 0.25) is 0 Å². The Morgan fingerprint density at radius 2 is 2.00 bits per heavy atom. The van der Waals surface area contributed by atoms with Gasteiger partial charge in [0.1, 0.15) is 17.6 Å². The van der Waals surface area contributed by atoms with Crippen molar-refractivity contribution < 1.29 is 18.7 Å². The first-order chi connectivity index (χ1) is 15.3. The molecular formula is C19H20ClFN8O3. The number of rotatable bonds is 6. The van der Waals surface area contributed by atoms with E-state index in [2.05, 4.69) is 30.8 Å². The van der Waals surface area contributed by atoms with Crippen LogP contribution < -0.4 is 10.6 Å². The number of urea groups is 1. The minimum atomic E-state index is -0.638. The molecule has 2 amide bonds. The summed E-state index contributed by atoms with van der Waals surface area (Å²) in [6, 6.07) is 2.10. The molecule has 4 rings (SSSR count). The minimum absolute atomic E-state index is 0.0671.